The van der Waals surface area contributed by atoms with Gasteiger partial charge in [0.25, 0.3) is 5.91 Å². The van der Waals surface area contributed by atoms with Gasteiger partial charge in [0, 0.05) is 13.1 Å². The quantitative estimate of drug-likeness (QED) is 0.835. The van der Waals surface area contributed by atoms with E-state index >= 15 is 0 Å². The van der Waals surface area contributed by atoms with E-state index < -0.39 is 11.4 Å². The lowest BCUT2D eigenvalue weighted by Crippen LogP contribution is -2.46. The first kappa shape index (κ1) is 14.3. The normalized spacial score (nSPS) is 17.9. The van der Waals surface area contributed by atoms with E-state index in [4.69, 9.17) is 5.73 Å². The third-order valence-electron chi connectivity index (χ3n) is 3.91. The zero-order valence-electron chi connectivity index (χ0n) is 11.3. The number of nitrogen functional groups attached to an aromatic ring is 1. The van der Waals surface area contributed by atoms with Gasteiger partial charge < -0.3 is 15.7 Å². The van der Waals surface area contributed by atoms with Crippen LogP contribution >= 0.6 is 0 Å². The van der Waals surface area contributed by atoms with E-state index in [0.717, 1.165) is 6.42 Å². The van der Waals surface area contributed by atoms with Gasteiger partial charge in [-0.3, -0.25) is 9.59 Å². The van der Waals surface area contributed by atoms with Crippen molar-refractivity contribution >= 4 is 17.7 Å². The summed E-state index contributed by atoms with van der Waals surface area (Å²) in [4.78, 5) is 25.2. The lowest BCUT2D eigenvalue weighted by molar-refractivity contribution is -0.152. The van der Waals surface area contributed by atoms with Gasteiger partial charge in [-0.25, -0.2) is 4.63 Å². The Balaban J connectivity index is 2.05. The lowest BCUT2D eigenvalue weighted by atomic mass is 9.75. The van der Waals surface area contributed by atoms with Crippen LogP contribution in [0.25, 0.3) is 0 Å². The molecule has 0 saturated carbocycles. The largest absolute Gasteiger partial charge is 0.481 e. The predicted octanol–water partition coefficient (Wildman–Crippen LogP) is 0.759. The van der Waals surface area contributed by atoms with E-state index in [-0.39, 0.29) is 17.4 Å². The van der Waals surface area contributed by atoms with Crippen molar-refractivity contribution in [3.05, 3.63) is 5.69 Å². The monoisotopic (exact) mass is 282 g/mol. The summed E-state index contributed by atoms with van der Waals surface area (Å²) >= 11 is 0. The van der Waals surface area contributed by atoms with Crippen molar-refractivity contribution < 1.29 is 19.3 Å². The molecule has 8 heteroatoms. The van der Waals surface area contributed by atoms with Gasteiger partial charge >= 0.3 is 5.97 Å². The van der Waals surface area contributed by atoms with Gasteiger partial charge in [0.1, 0.15) is 0 Å². The smallest absolute Gasteiger partial charge is 0.309 e. The number of carboxylic acid groups (broad SMARTS) is 1. The summed E-state index contributed by atoms with van der Waals surface area (Å²) in [6.07, 6.45) is 2.30. The van der Waals surface area contributed by atoms with Crippen LogP contribution in [-0.2, 0) is 4.79 Å². The van der Waals surface area contributed by atoms with Gasteiger partial charge in [0.2, 0.25) is 11.5 Å². The van der Waals surface area contributed by atoms with Gasteiger partial charge in [-0.2, -0.15) is 0 Å². The zero-order chi connectivity index (χ0) is 14.8. The van der Waals surface area contributed by atoms with Crippen LogP contribution < -0.4 is 5.73 Å². The van der Waals surface area contributed by atoms with Crippen LogP contribution in [0, 0.1) is 5.41 Å². The second kappa shape index (κ2) is 5.48. The van der Waals surface area contributed by atoms with Crippen molar-refractivity contribution in [2.75, 3.05) is 18.8 Å². The van der Waals surface area contributed by atoms with Gasteiger partial charge in [-0.05, 0) is 29.6 Å². The number of carbonyl (C=O) groups excluding carboxylic acids is 1. The molecular formula is C12H18N4O4. The summed E-state index contributed by atoms with van der Waals surface area (Å²) in [6.45, 7) is 2.71. The molecule has 2 heterocycles. The Morgan fingerprint density at radius 3 is 2.50 bits per heavy atom. The molecule has 110 valence electrons. The Labute approximate surface area is 115 Å². The number of hydrogen-bond donors (Lipinski definition) is 2. The Bertz CT molecular complexity index is 505. The minimum atomic E-state index is -0.783. The maximum atomic E-state index is 12.2. The topological polar surface area (TPSA) is 123 Å². The van der Waals surface area contributed by atoms with Crippen LogP contribution in [0.1, 0.15) is 43.1 Å². The first-order valence-corrected chi connectivity index (χ1v) is 6.61. The highest BCUT2D eigenvalue weighted by Crippen LogP contribution is 2.36. The molecule has 0 bridgehead atoms. The van der Waals surface area contributed by atoms with Crippen molar-refractivity contribution in [2.24, 2.45) is 5.41 Å². The summed E-state index contributed by atoms with van der Waals surface area (Å²) < 4.78 is 4.41. The highest BCUT2D eigenvalue weighted by Gasteiger charge is 2.42. The van der Waals surface area contributed by atoms with Gasteiger partial charge in [0.05, 0.1) is 5.41 Å². The fraction of sp³-hybridized carbons (Fsp3) is 0.667. The fourth-order valence-electron chi connectivity index (χ4n) is 2.68. The number of amides is 1. The summed E-state index contributed by atoms with van der Waals surface area (Å²) in [7, 11) is 0. The van der Waals surface area contributed by atoms with E-state index in [2.05, 4.69) is 14.9 Å². The number of piperidine rings is 1. The Kier molecular flexibility index (Phi) is 3.91. The Hall–Kier alpha value is -2.12. The van der Waals surface area contributed by atoms with Crippen LogP contribution in [0.15, 0.2) is 4.63 Å². The average molecular weight is 282 g/mol. The van der Waals surface area contributed by atoms with E-state index in [1.165, 1.54) is 0 Å². The van der Waals surface area contributed by atoms with Gasteiger partial charge in [0.15, 0.2) is 0 Å². The number of likely N-dealkylation sites (tertiary alicyclic amines) is 1. The maximum Gasteiger partial charge on any atom is 0.309 e. The number of hydrogen-bond acceptors (Lipinski definition) is 6. The zero-order valence-corrected chi connectivity index (χ0v) is 11.3. The van der Waals surface area contributed by atoms with Crippen molar-refractivity contribution in [3.63, 3.8) is 0 Å². The molecule has 8 nitrogen and oxygen atoms in total. The molecule has 1 aromatic heterocycles. The van der Waals surface area contributed by atoms with Gasteiger partial charge in [-0.15, -0.1) is 0 Å². The molecule has 0 spiro atoms. The number of anilines is 1. The third-order valence-corrected chi connectivity index (χ3v) is 3.91. The second-order valence-electron chi connectivity index (χ2n) is 5.13. The molecule has 2 rings (SSSR count). The van der Waals surface area contributed by atoms with Crippen LogP contribution in [0.3, 0.4) is 0 Å². The Morgan fingerprint density at radius 1 is 1.40 bits per heavy atom. The molecule has 0 unspecified atom stereocenters. The molecule has 1 aromatic rings. The molecule has 1 amide bonds. The van der Waals surface area contributed by atoms with Crippen molar-refractivity contribution in [3.8, 4) is 0 Å². The van der Waals surface area contributed by atoms with Crippen molar-refractivity contribution in [1.82, 2.24) is 15.2 Å². The highest BCUT2D eigenvalue weighted by atomic mass is 16.6. The number of carboxylic acids is 1. The third kappa shape index (κ3) is 2.45. The number of carbonyl (C=O) groups is 2. The minimum absolute atomic E-state index is 0.0108. The molecule has 0 atom stereocenters. The molecule has 0 aliphatic carbocycles. The van der Waals surface area contributed by atoms with E-state index in [1.54, 1.807) is 4.90 Å². The van der Waals surface area contributed by atoms with E-state index in [1.807, 2.05) is 6.92 Å². The second-order valence-corrected chi connectivity index (χ2v) is 5.13. The van der Waals surface area contributed by atoms with E-state index in [0.29, 0.717) is 32.4 Å². The molecular weight excluding hydrogens is 264 g/mol. The van der Waals surface area contributed by atoms with E-state index in [9.17, 15) is 14.7 Å². The molecule has 1 fully saturated rings. The SMILES string of the molecule is CCCC1(C(=O)O)CCN(C(=O)c2nonc2N)CC1. The lowest BCUT2D eigenvalue weighted by Gasteiger charge is -2.38. The maximum absolute atomic E-state index is 12.2. The first-order valence-electron chi connectivity index (χ1n) is 6.61. The number of nitrogens with two attached hydrogens (primary N) is 1. The number of nitrogens with zero attached hydrogens (tertiary/aromatic N) is 3. The Morgan fingerprint density at radius 2 is 2.05 bits per heavy atom. The molecule has 3 N–H and O–H groups in total. The summed E-state index contributed by atoms with van der Waals surface area (Å²) in [5.74, 6) is -1.19. The van der Waals surface area contributed by atoms with Crippen LogP contribution in [0.4, 0.5) is 5.82 Å². The first-order chi connectivity index (χ1) is 9.50. The number of aromatic nitrogens is 2. The van der Waals surface area contributed by atoms with Gasteiger partial charge in [-0.1, -0.05) is 13.3 Å². The number of aliphatic carboxylic acids is 1. The van der Waals surface area contributed by atoms with Crippen LogP contribution in [0.5, 0.6) is 0 Å². The average Bonchev–Trinajstić information content (AvgIpc) is 2.85. The van der Waals surface area contributed by atoms with Crippen LogP contribution in [-0.4, -0.2) is 45.3 Å². The summed E-state index contributed by atoms with van der Waals surface area (Å²) in [5.41, 5.74) is 4.75. The molecule has 0 aromatic carbocycles. The molecule has 1 aliphatic heterocycles. The summed E-state index contributed by atoms with van der Waals surface area (Å²) in [6, 6.07) is 0. The minimum Gasteiger partial charge on any atom is -0.481 e. The van der Waals surface area contributed by atoms with Crippen molar-refractivity contribution in [2.45, 2.75) is 32.6 Å². The molecule has 1 aliphatic rings. The molecule has 20 heavy (non-hydrogen) atoms. The fourth-order valence-corrected chi connectivity index (χ4v) is 2.68. The number of rotatable bonds is 4. The predicted molar refractivity (Wildman–Crippen MR) is 68.8 cm³/mol. The highest BCUT2D eigenvalue weighted by molar-refractivity contribution is 5.96. The molecule has 1 saturated heterocycles. The standard InChI is InChI=1S/C12H18N4O4/c1-2-3-12(11(18)19)4-6-16(7-5-12)10(17)8-9(13)15-20-14-8/h2-7H2,1H3,(H2,13,15)(H,18,19). The summed E-state index contributed by atoms with van der Waals surface area (Å²) in [5, 5.41) is 16.3. The van der Waals surface area contributed by atoms with Crippen molar-refractivity contribution in [1.29, 1.82) is 0 Å². The molecule has 0 radical (unpaired) electrons. The van der Waals surface area contributed by atoms with Crippen LogP contribution in [0.2, 0.25) is 0 Å².